The van der Waals surface area contributed by atoms with Gasteiger partial charge in [0.1, 0.15) is 11.6 Å². The number of methoxy groups -OCH3 is 1. The molecule has 0 saturated carbocycles. The number of nitrogens with one attached hydrogen (secondary N) is 1. The third kappa shape index (κ3) is 3.07. The Morgan fingerprint density at radius 2 is 1.93 bits per heavy atom. The van der Waals surface area contributed by atoms with Crippen LogP contribution in [0.15, 0.2) is 47.0 Å². The van der Waals surface area contributed by atoms with E-state index < -0.39 is 0 Å². The quantitative estimate of drug-likeness (QED) is 0.533. The number of halogens is 1. The number of aromatic amines is 1. The van der Waals surface area contributed by atoms with Crippen LogP contribution in [0.1, 0.15) is 26.5 Å². The molecule has 27 heavy (non-hydrogen) atoms. The van der Waals surface area contributed by atoms with E-state index >= 15 is 0 Å². The van der Waals surface area contributed by atoms with Crippen LogP contribution in [0, 0.1) is 5.82 Å². The molecule has 2 aromatic heterocycles. The molecule has 6 heteroatoms. The zero-order chi connectivity index (χ0) is 19.2. The Balaban J connectivity index is 1.78. The summed E-state index contributed by atoms with van der Waals surface area (Å²) in [4.78, 5) is 7.80. The van der Waals surface area contributed by atoms with Crippen LogP contribution in [0.2, 0.25) is 0 Å². The van der Waals surface area contributed by atoms with Gasteiger partial charge in [0.15, 0.2) is 5.82 Å². The molecule has 4 rings (SSSR count). The van der Waals surface area contributed by atoms with Gasteiger partial charge in [-0.3, -0.25) is 0 Å². The molecule has 0 bridgehead atoms. The zero-order valence-electron chi connectivity index (χ0n) is 15.6. The molecule has 0 saturated heterocycles. The van der Waals surface area contributed by atoms with E-state index in [1.54, 1.807) is 12.1 Å². The fraction of sp³-hybridized carbons (Fsp3) is 0.238. The third-order valence-corrected chi connectivity index (χ3v) is 4.48. The zero-order valence-corrected chi connectivity index (χ0v) is 15.6. The van der Waals surface area contributed by atoms with E-state index in [1.807, 2.05) is 24.3 Å². The summed E-state index contributed by atoms with van der Waals surface area (Å²) in [5.74, 6) is 1.31. The highest BCUT2D eigenvalue weighted by Gasteiger charge is 2.21. The first kappa shape index (κ1) is 17.3. The van der Waals surface area contributed by atoms with Crippen molar-refractivity contribution in [2.75, 3.05) is 7.11 Å². The molecule has 138 valence electrons. The number of aromatic nitrogens is 3. The lowest BCUT2D eigenvalue weighted by Gasteiger charge is -2.12. The molecule has 1 N–H and O–H groups in total. The Kier molecular flexibility index (Phi) is 3.98. The summed E-state index contributed by atoms with van der Waals surface area (Å²) in [6.07, 6.45) is 0. The van der Waals surface area contributed by atoms with E-state index in [0.717, 1.165) is 16.7 Å². The first-order chi connectivity index (χ1) is 12.9. The monoisotopic (exact) mass is 365 g/mol. The van der Waals surface area contributed by atoms with Crippen molar-refractivity contribution in [2.45, 2.75) is 26.2 Å². The second-order valence-electron chi connectivity index (χ2n) is 7.46. The van der Waals surface area contributed by atoms with E-state index in [-0.39, 0.29) is 11.2 Å². The summed E-state index contributed by atoms with van der Waals surface area (Å²) in [5, 5.41) is 4.13. The number of fused-ring (bicyclic) bond motifs is 1. The highest BCUT2D eigenvalue weighted by molar-refractivity contribution is 5.85. The standard InChI is InChI=1S/C21H20FN3O2/c1-21(2,3)18-11-17(27-25-18)20-23-14-9-8-12(10-15(14)24-20)19-13(22)6-5-7-16(19)26-4/h5-11H,1-4H3,(H,23,24). The Labute approximate surface area is 156 Å². The van der Waals surface area contributed by atoms with Crippen molar-refractivity contribution in [1.29, 1.82) is 0 Å². The molecule has 0 aliphatic heterocycles. The molecule has 5 nitrogen and oxygen atoms in total. The first-order valence-corrected chi connectivity index (χ1v) is 8.67. The Hall–Kier alpha value is -3.15. The average Bonchev–Trinajstić information content (AvgIpc) is 3.27. The fourth-order valence-corrected chi connectivity index (χ4v) is 2.98. The van der Waals surface area contributed by atoms with Gasteiger partial charge >= 0.3 is 0 Å². The van der Waals surface area contributed by atoms with Gasteiger partial charge in [-0.1, -0.05) is 38.1 Å². The predicted octanol–water partition coefficient (Wildman–Crippen LogP) is 5.33. The maximum Gasteiger partial charge on any atom is 0.202 e. The van der Waals surface area contributed by atoms with E-state index in [4.69, 9.17) is 9.26 Å². The normalized spacial score (nSPS) is 11.9. The average molecular weight is 365 g/mol. The molecular formula is C21H20FN3O2. The van der Waals surface area contributed by atoms with Crippen molar-refractivity contribution in [2.24, 2.45) is 0 Å². The minimum atomic E-state index is -0.335. The predicted molar refractivity (Wildman–Crippen MR) is 102 cm³/mol. The second-order valence-corrected chi connectivity index (χ2v) is 7.46. The SMILES string of the molecule is COc1cccc(F)c1-c1ccc2nc(-c3cc(C(C)(C)C)no3)[nH]c2c1. The van der Waals surface area contributed by atoms with Crippen LogP contribution in [0.25, 0.3) is 33.7 Å². The Morgan fingerprint density at radius 3 is 2.63 bits per heavy atom. The van der Waals surface area contributed by atoms with Crippen molar-refractivity contribution in [3.8, 4) is 28.5 Å². The van der Waals surface area contributed by atoms with E-state index in [0.29, 0.717) is 28.5 Å². The summed E-state index contributed by atoms with van der Waals surface area (Å²) < 4.78 is 25.1. The van der Waals surface area contributed by atoms with Gasteiger partial charge in [0, 0.05) is 11.5 Å². The number of ether oxygens (including phenoxy) is 1. The lowest BCUT2D eigenvalue weighted by Crippen LogP contribution is -2.10. The van der Waals surface area contributed by atoms with Gasteiger partial charge in [-0.25, -0.2) is 9.37 Å². The van der Waals surface area contributed by atoms with E-state index in [9.17, 15) is 4.39 Å². The second kappa shape index (κ2) is 6.23. The summed E-state index contributed by atoms with van der Waals surface area (Å²) >= 11 is 0. The number of rotatable bonds is 3. The molecular weight excluding hydrogens is 345 g/mol. The van der Waals surface area contributed by atoms with Crippen LogP contribution in [0.5, 0.6) is 5.75 Å². The largest absolute Gasteiger partial charge is 0.496 e. The van der Waals surface area contributed by atoms with Crippen LogP contribution in [-0.4, -0.2) is 22.2 Å². The minimum absolute atomic E-state index is 0.109. The summed E-state index contributed by atoms with van der Waals surface area (Å²) in [6.45, 7) is 6.21. The number of imidazole rings is 1. The van der Waals surface area contributed by atoms with Gasteiger partial charge in [-0.2, -0.15) is 0 Å². The van der Waals surface area contributed by atoms with Gasteiger partial charge in [0.25, 0.3) is 0 Å². The lowest BCUT2D eigenvalue weighted by molar-refractivity contribution is 0.401. The number of hydrogen-bond donors (Lipinski definition) is 1. The van der Waals surface area contributed by atoms with Gasteiger partial charge in [-0.15, -0.1) is 0 Å². The number of nitrogens with zero attached hydrogens (tertiary/aromatic N) is 2. The first-order valence-electron chi connectivity index (χ1n) is 8.67. The summed E-state index contributed by atoms with van der Waals surface area (Å²) in [7, 11) is 1.53. The number of H-pyrrole nitrogens is 1. The van der Waals surface area contributed by atoms with Crippen molar-refractivity contribution < 1.29 is 13.7 Å². The third-order valence-electron chi connectivity index (χ3n) is 4.48. The topological polar surface area (TPSA) is 63.9 Å². The molecule has 0 spiro atoms. The molecule has 0 fully saturated rings. The molecule has 0 radical (unpaired) electrons. The van der Waals surface area contributed by atoms with Crippen molar-refractivity contribution in [1.82, 2.24) is 15.1 Å². The molecule has 0 aliphatic rings. The van der Waals surface area contributed by atoms with Crippen LogP contribution in [0.4, 0.5) is 4.39 Å². The van der Waals surface area contributed by atoms with Gasteiger partial charge in [-0.05, 0) is 29.8 Å². The van der Waals surface area contributed by atoms with Gasteiger partial charge < -0.3 is 14.2 Å². The highest BCUT2D eigenvalue weighted by atomic mass is 19.1. The van der Waals surface area contributed by atoms with Crippen LogP contribution in [0.3, 0.4) is 0 Å². The van der Waals surface area contributed by atoms with Crippen molar-refractivity contribution in [3.05, 3.63) is 54.0 Å². The van der Waals surface area contributed by atoms with Crippen LogP contribution < -0.4 is 4.74 Å². The smallest absolute Gasteiger partial charge is 0.202 e. The highest BCUT2D eigenvalue weighted by Crippen LogP contribution is 2.34. The summed E-state index contributed by atoms with van der Waals surface area (Å²) in [5.41, 5.74) is 3.42. The number of benzene rings is 2. The Bertz CT molecular complexity index is 1120. The van der Waals surface area contributed by atoms with Gasteiger partial charge in [0.2, 0.25) is 5.76 Å². The molecule has 0 amide bonds. The van der Waals surface area contributed by atoms with Crippen molar-refractivity contribution >= 4 is 11.0 Å². The molecule has 0 aliphatic carbocycles. The van der Waals surface area contributed by atoms with E-state index in [2.05, 4.69) is 35.9 Å². The molecule has 0 atom stereocenters. The maximum absolute atomic E-state index is 14.4. The maximum atomic E-state index is 14.4. The van der Waals surface area contributed by atoms with Crippen LogP contribution in [-0.2, 0) is 5.41 Å². The molecule has 0 unspecified atom stereocenters. The van der Waals surface area contributed by atoms with Crippen molar-refractivity contribution in [3.63, 3.8) is 0 Å². The Morgan fingerprint density at radius 1 is 1.11 bits per heavy atom. The fourth-order valence-electron chi connectivity index (χ4n) is 2.98. The number of hydrogen-bond acceptors (Lipinski definition) is 4. The minimum Gasteiger partial charge on any atom is -0.496 e. The van der Waals surface area contributed by atoms with Crippen LogP contribution >= 0.6 is 0 Å². The molecule has 2 aromatic carbocycles. The van der Waals surface area contributed by atoms with Gasteiger partial charge in [0.05, 0.1) is 29.4 Å². The van der Waals surface area contributed by atoms with E-state index in [1.165, 1.54) is 13.2 Å². The lowest BCUT2D eigenvalue weighted by atomic mass is 9.92. The molecule has 4 aromatic rings. The summed E-state index contributed by atoms with van der Waals surface area (Å²) in [6, 6.07) is 12.2. The molecule has 2 heterocycles.